The van der Waals surface area contributed by atoms with Crippen LogP contribution in [0.3, 0.4) is 0 Å². The van der Waals surface area contributed by atoms with Crippen molar-refractivity contribution in [2.75, 3.05) is 0 Å². The molecule has 5 heteroatoms. The van der Waals surface area contributed by atoms with Crippen LogP contribution in [0.1, 0.15) is 24.9 Å². The molecule has 1 unspecified atom stereocenters. The van der Waals surface area contributed by atoms with E-state index in [4.69, 9.17) is 22.1 Å². The second-order valence-corrected chi connectivity index (χ2v) is 4.79. The Labute approximate surface area is 121 Å². The van der Waals surface area contributed by atoms with Crippen molar-refractivity contribution in [3.8, 4) is 11.5 Å². The van der Waals surface area contributed by atoms with Crippen LogP contribution < -0.4 is 10.5 Å². The van der Waals surface area contributed by atoms with E-state index in [0.717, 1.165) is 6.07 Å². The number of halogens is 3. The van der Waals surface area contributed by atoms with E-state index < -0.39 is 23.4 Å². The molecule has 2 aromatic rings. The van der Waals surface area contributed by atoms with Crippen molar-refractivity contribution in [1.29, 1.82) is 0 Å². The van der Waals surface area contributed by atoms with Gasteiger partial charge in [-0.3, -0.25) is 0 Å². The molecule has 0 saturated carbocycles. The molecule has 2 rings (SSSR count). The predicted molar refractivity (Wildman–Crippen MR) is 75.1 cm³/mol. The normalized spacial score (nSPS) is 12.2. The number of rotatable bonds is 4. The lowest BCUT2D eigenvalue weighted by atomic mass is 10.0. The Balaban J connectivity index is 2.37. The van der Waals surface area contributed by atoms with Gasteiger partial charge in [-0.15, -0.1) is 0 Å². The maximum atomic E-state index is 14.3. The fourth-order valence-corrected chi connectivity index (χ4v) is 1.89. The van der Waals surface area contributed by atoms with Crippen LogP contribution in [-0.2, 0) is 0 Å². The molecule has 0 radical (unpaired) electrons. The Kier molecular flexibility index (Phi) is 4.57. The van der Waals surface area contributed by atoms with Gasteiger partial charge in [-0.1, -0.05) is 24.6 Å². The van der Waals surface area contributed by atoms with Crippen LogP contribution in [0.25, 0.3) is 0 Å². The fourth-order valence-electron chi connectivity index (χ4n) is 1.77. The number of nitrogens with two attached hydrogens (primary N) is 1. The van der Waals surface area contributed by atoms with Crippen molar-refractivity contribution in [3.05, 3.63) is 58.6 Å². The van der Waals surface area contributed by atoms with Crippen molar-refractivity contribution in [2.24, 2.45) is 5.73 Å². The van der Waals surface area contributed by atoms with Gasteiger partial charge in [0.1, 0.15) is 5.75 Å². The van der Waals surface area contributed by atoms with Gasteiger partial charge in [-0.05, 0) is 36.8 Å². The molecule has 0 saturated heterocycles. The maximum absolute atomic E-state index is 14.3. The summed E-state index contributed by atoms with van der Waals surface area (Å²) in [4.78, 5) is 0. The van der Waals surface area contributed by atoms with E-state index in [2.05, 4.69) is 0 Å². The zero-order valence-electron chi connectivity index (χ0n) is 10.9. The average molecular weight is 298 g/mol. The molecule has 1 atom stereocenters. The van der Waals surface area contributed by atoms with E-state index >= 15 is 0 Å². The average Bonchev–Trinajstić information content (AvgIpc) is 2.45. The highest BCUT2D eigenvalue weighted by molar-refractivity contribution is 6.30. The molecule has 0 amide bonds. The standard InChI is InChI=1S/C15H14ClF2NO/c1-2-13(19)11-7-8-12(17)15(14(11)18)20-10-5-3-9(16)4-6-10/h3-8,13H,2,19H2,1H3. The maximum Gasteiger partial charge on any atom is 0.198 e. The first-order valence-corrected chi connectivity index (χ1v) is 6.57. The summed E-state index contributed by atoms with van der Waals surface area (Å²) < 4.78 is 33.3. The summed E-state index contributed by atoms with van der Waals surface area (Å²) in [5, 5.41) is 0.514. The molecule has 0 fully saturated rings. The molecule has 2 aromatic carbocycles. The van der Waals surface area contributed by atoms with Gasteiger partial charge in [-0.25, -0.2) is 8.78 Å². The predicted octanol–water partition coefficient (Wildman–Crippen LogP) is 4.82. The molecular formula is C15H14ClF2NO. The molecule has 20 heavy (non-hydrogen) atoms. The van der Waals surface area contributed by atoms with Crippen LogP contribution in [0.4, 0.5) is 8.78 Å². The lowest BCUT2D eigenvalue weighted by Gasteiger charge is -2.14. The molecule has 0 aliphatic rings. The van der Waals surface area contributed by atoms with E-state index in [1.165, 1.54) is 18.2 Å². The summed E-state index contributed by atoms with van der Waals surface area (Å²) >= 11 is 5.74. The third kappa shape index (κ3) is 3.08. The quantitative estimate of drug-likeness (QED) is 0.878. The zero-order chi connectivity index (χ0) is 14.7. The van der Waals surface area contributed by atoms with Crippen LogP contribution in [0.5, 0.6) is 11.5 Å². The Bertz CT molecular complexity index is 602. The molecular weight excluding hydrogens is 284 g/mol. The van der Waals surface area contributed by atoms with Crippen molar-refractivity contribution in [1.82, 2.24) is 0 Å². The monoisotopic (exact) mass is 297 g/mol. The summed E-state index contributed by atoms with van der Waals surface area (Å²) in [6.45, 7) is 1.83. The fraction of sp³-hybridized carbons (Fsp3) is 0.200. The first kappa shape index (κ1) is 14.8. The van der Waals surface area contributed by atoms with Gasteiger partial charge in [0.25, 0.3) is 0 Å². The van der Waals surface area contributed by atoms with Crippen LogP contribution in [-0.4, -0.2) is 0 Å². The van der Waals surface area contributed by atoms with E-state index in [-0.39, 0.29) is 5.56 Å². The van der Waals surface area contributed by atoms with E-state index in [0.29, 0.717) is 17.2 Å². The molecule has 0 aliphatic heterocycles. The van der Waals surface area contributed by atoms with Crippen molar-refractivity contribution < 1.29 is 13.5 Å². The molecule has 2 nitrogen and oxygen atoms in total. The van der Waals surface area contributed by atoms with Crippen LogP contribution in [0.15, 0.2) is 36.4 Å². The summed E-state index contributed by atoms with van der Waals surface area (Å²) in [6, 6.07) is 8.22. The highest BCUT2D eigenvalue weighted by Gasteiger charge is 2.19. The number of benzene rings is 2. The molecule has 0 aromatic heterocycles. The number of hydrogen-bond acceptors (Lipinski definition) is 2. The summed E-state index contributed by atoms with van der Waals surface area (Å²) in [5.41, 5.74) is 6.03. The largest absolute Gasteiger partial charge is 0.451 e. The zero-order valence-corrected chi connectivity index (χ0v) is 11.6. The van der Waals surface area contributed by atoms with Crippen molar-refractivity contribution >= 4 is 11.6 Å². The highest BCUT2D eigenvalue weighted by atomic mass is 35.5. The topological polar surface area (TPSA) is 35.2 Å². The summed E-state index contributed by atoms with van der Waals surface area (Å²) in [5.74, 6) is -1.69. The Morgan fingerprint density at radius 2 is 1.80 bits per heavy atom. The Morgan fingerprint density at radius 1 is 1.15 bits per heavy atom. The molecule has 0 heterocycles. The van der Waals surface area contributed by atoms with Crippen LogP contribution in [0, 0.1) is 11.6 Å². The second-order valence-electron chi connectivity index (χ2n) is 4.35. The van der Waals surface area contributed by atoms with Gasteiger partial charge >= 0.3 is 0 Å². The van der Waals surface area contributed by atoms with E-state index in [1.54, 1.807) is 12.1 Å². The second kappa shape index (κ2) is 6.20. The van der Waals surface area contributed by atoms with E-state index in [9.17, 15) is 8.78 Å². The Hall–Kier alpha value is -1.65. The molecule has 0 bridgehead atoms. The first-order chi connectivity index (χ1) is 9.52. The smallest absolute Gasteiger partial charge is 0.198 e. The minimum absolute atomic E-state index is 0.234. The third-order valence-corrected chi connectivity index (χ3v) is 3.20. The van der Waals surface area contributed by atoms with Crippen LogP contribution >= 0.6 is 11.6 Å². The van der Waals surface area contributed by atoms with Gasteiger partial charge in [0.2, 0.25) is 0 Å². The third-order valence-electron chi connectivity index (χ3n) is 2.95. The highest BCUT2D eigenvalue weighted by Crippen LogP contribution is 2.32. The van der Waals surface area contributed by atoms with Gasteiger partial charge in [-0.2, -0.15) is 0 Å². The summed E-state index contributed by atoms with van der Waals surface area (Å²) in [7, 11) is 0. The lowest BCUT2D eigenvalue weighted by Crippen LogP contribution is -2.11. The lowest BCUT2D eigenvalue weighted by molar-refractivity contribution is 0.401. The summed E-state index contributed by atoms with van der Waals surface area (Å²) in [6.07, 6.45) is 0.545. The first-order valence-electron chi connectivity index (χ1n) is 6.19. The van der Waals surface area contributed by atoms with Gasteiger partial charge in [0, 0.05) is 16.6 Å². The molecule has 0 spiro atoms. The minimum atomic E-state index is -0.774. The number of ether oxygens (including phenoxy) is 1. The van der Waals surface area contributed by atoms with Gasteiger partial charge in [0.15, 0.2) is 17.4 Å². The van der Waals surface area contributed by atoms with Crippen LogP contribution in [0.2, 0.25) is 5.02 Å². The Morgan fingerprint density at radius 3 is 2.40 bits per heavy atom. The van der Waals surface area contributed by atoms with Crippen molar-refractivity contribution in [2.45, 2.75) is 19.4 Å². The number of hydrogen-bond donors (Lipinski definition) is 1. The van der Waals surface area contributed by atoms with E-state index in [1.807, 2.05) is 6.92 Å². The van der Waals surface area contributed by atoms with Crippen molar-refractivity contribution in [3.63, 3.8) is 0 Å². The molecule has 106 valence electrons. The van der Waals surface area contributed by atoms with Gasteiger partial charge in [0.05, 0.1) is 0 Å². The minimum Gasteiger partial charge on any atom is -0.451 e. The van der Waals surface area contributed by atoms with Gasteiger partial charge < -0.3 is 10.5 Å². The SMILES string of the molecule is CCC(N)c1ccc(F)c(Oc2ccc(Cl)cc2)c1F. The molecule has 2 N–H and O–H groups in total. The molecule has 0 aliphatic carbocycles.